The van der Waals surface area contributed by atoms with Gasteiger partial charge in [-0.2, -0.15) is 0 Å². The summed E-state index contributed by atoms with van der Waals surface area (Å²) in [6, 6.07) is 23.8. The first-order valence-corrected chi connectivity index (χ1v) is 12.7. The predicted octanol–water partition coefficient (Wildman–Crippen LogP) is 6.56. The first-order valence-electron chi connectivity index (χ1n) is 12.7. The number of ketones is 1. The lowest BCUT2D eigenvalue weighted by Gasteiger charge is -2.27. The first-order chi connectivity index (χ1) is 18.2. The van der Waals surface area contributed by atoms with Crippen molar-refractivity contribution in [1.29, 1.82) is 0 Å². The molecule has 1 amide bonds. The van der Waals surface area contributed by atoms with Crippen molar-refractivity contribution in [3.8, 4) is 5.75 Å². The minimum Gasteiger partial charge on any atom is -0.503 e. The van der Waals surface area contributed by atoms with Gasteiger partial charge in [0, 0.05) is 11.9 Å². The Balaban J connectivity index is 1.52. The highest BCUT2D eigenvalue weighted by molar-refractivity contribution is 6.16. The topological polar surface area (TPSA) is 80.0 Å². The molecule has 1 aliphatic rings. The van der Waals surface area contributed by atoms with E-state index in [2.05, 4.69) is 20.8 Å². The van der Waals surface area contributed by atoms with Crippen LogP contribution in [0.2, 0.25) is 0 Å². The van der Waals surface area contributed by atoms with Gasteiger partial charge in [-0.15, -0.1) is 0 Å². The minimum atomic E-state index is -0.740. The van der Waals surface area contributed by atoms with Crippen LogP contribution in [0, 0.1) is 0 Å². The molecule has 1 aromatic heterocycles. The quantitative estimate of drug-likeness (QED) is 0.285. The number of aliphatic hydroxyl groups is 1. The summed E-state index contributed by atoms with van der Waals surface area (Å²) in [4.78, 5) is 28.7. The van der Waals surface area contributed by atoms with E-state index in [1.807, 2.05) is 66.7 Å². The van der Waals surface area contributed by atoms with E-state index >= 15 is 0 Å². The third-order valence-electron chi connectivity index (χ3n) is 7.09. The fourth-order valence-corrected chi connectivity index (χ4v) is 4.90. The van der Waals surface area contributed by atoms with E-state index in [0.717, 1.165) is 27.8 Å². The average Bonchev–Trinajstić information content (AvgIpc) is 3.46. The summed E-state index contributed by atoms with van der Waals surface area (Å²) in [5.74, 6) is -0.753. The first kappa shape index (κ1) is 25.3. The van der Waals surface area contributed by atoms with Crippen LogP contribution in [0.25, 0.3) is 11.0 Å². The largest absolute Gasteiger partial charge is 0.503 e. The van der Waals surface area contributed by atoms with Gasteiger partial charge in [-0.05, 0) is 52.8 Å². The van der Waals surface area contributed by atoms with E-state index in [4.69, 9.17) is 9.15 Å². The molecule has 194 valence electrons. The maximum absolute atomic E-state index is 13.8. The van der Waals surface area contributed by atoms with Crippen molar-refractivity contribution < 1.29 is 23.8 Å². The molecular weight excluding hydrogens is 478 g/mol. The van der Waals surface area contributed by atoms with Gasteiger partial charge in [0.1, 0.15) is 11.3 Å². The van der Waals surface area contributed by atoms with Crippen molar-refractivity contribution in [3.05, 3.63) is 113 Å². The Hall–Kier alpha value is -4.32. The summed E-state index contributed by atoms with van der Waals surface area (Å²) >= 11 is 0. The van der Waals surface area contributed by atoms with E-state index in [9.17, 15) is 14.7 Å². The van der Waals surface area contributed by atoms with Gasteiger partial charge in [-0.3, -0.25) is 9.59 Å². The SMILES string of the molecule is COc1ccc(CCN2C(=O)C(O)=C(C(=O)c3cc4ccccc4o3)C2c2ccc(C(C)(C)C)cc2)cc1. The second-order valence-electron chi connectivity index (χ2n) is 10.6. The van der Waals surface area contributed by atoms with Gasteiger partial charge >= 0.3 is 0 Å². The maximum Gasteiger partial charge on any atom is 0.290 e. The molecule has 0 spiro atoms. The summed E-state index contributed by atoms with van der Waals surface area (Å²) < 4.78 is 11.1. The van der Waals surface area contributed by atoms with Gasteiger partial charge in [0.15, 0.2) is 11.5 Å². The number of benzene rings is 3. The van der Waals surface area contributed by atoms with E-state index in [-0.39, 0.29) is 16.7 Å². The monoisotopic (exact) mass is 509 g/mol. The van der Waals surface area contributed by atoms with Crippen LogP contribution in [0.15, 0.2) is 94.6 Å². The van der Waals surface area contributed by atoms with Crippen LogP contribution in [-0.4, -0.2) is 35.4 Å². The molecule has 0 bridgehead atoms. The summed E-state index contributed by atoms with van der Waals surface area (Å²) in [5.41, 5.74) is 3.45. The number of furan rings is 1. The van der Waals surface area contributed by atoms with Crippen LogP contribution in [0.1, 0.15) is 54.1 Å². The molecule has 0 saturated heterocycles. The standard InChI is InChI=1S/C32H31NO5/c1-32(2,3)23-13-11-21(12-14-23)28-27(29(34)26-19-22-7-5-6-8-25(22)38-26)30(35)31(36)33(28)18-17-20-9-15-24(37-4)16-10-20/h5-16,19,28,35H,17-18H2,1-4H3. The Labute approximate surface area is 222 Å². The minimum absolute atomic E-state index is 0.0345. The van der Waals surface area contributed by atoms with Crippen LogP contribution in [0.5, 0.6) is 5.75 Å². The Kier molecular flexibility index (Phi) is 6.57. The van der Waals surface area contributed by atoms with Crippen LogP contribution >= 0.6 is 0 Å². The molecule has 0 radical (unpaired) electrons. The number of amides is 1. The van der Waals surface area contributed by atoms with Gasteiger partial charge in [0.2, 0.25) is 5.78 Å². The molecule has 6 nitrogen and oxygen atoms in total. The molecule has 1 atom stereocenters. The number of rotatable bonds is 7. The van der Waals surface area contributed by atoms with Gasteiger partial charge in [0.05, 0.1) is 18.7 Å². The second kappa shape index (κ2) is 9.86. The number of nitrogens with zero attached hydrogens (tertiary/aromatic N) is 1. The Morgan fingerprint density at radius 1 is 1.00 bits per heavy atom. The van der Waals surface area contributed by atoms with Crippen molar-refractivity contribution in [2.75, 3.05) is 13.7 Å². The molecule has 2 heterocycles. The molecule has 6 heteroatoms. The molecule has 1 N–H and O–H groups in total. The number of fused-ring (bicyclic) bond motifs is 1. The molecule has 3 aromatic carbocycles. The van der Waals surface area contributed by atoms with Gasteiger partial charge in [-0.1, -0.05) is 75.4 Å². The summed E-state index contributed by atoms with van der Waals surface area (Å²) in [6.07, 6.45) is 0.547. The third-order valence-corrected chi connectivity index (χ3v) is 7.09. The van der Waals surface area contributed by atoms with E-state index < -0.39 is 23.5 Å². The summed E-state index contributed by atoms with van der Waals surface area (Å²) in [7, 11) is 1.61. The van der Waals surface area contributed by atoms with Crippen molar-refractivity contribution in [2.45, 2.75) is 38.6 Å². The number of methoxy groups -OCH3 is 1. The van der Waals surface area contributed by atoms with E-state index in [0.29, 0.717) is 18.5 Å². The zero-order valence-electron chi connectivity index (χ0n) is 22.0. The van der Waals surface area contributed by atoms with E-state index in [1.165, 1.54) is 0 Å². The molecule has 38 heavy (non-hydrogen) atoms. The molecule has 0 fully saturated rings. The highest BCUT2D eigenvalue weighted by Crippen LogP contribution is 2.40. The smallest absolute Gasteiger partial charge is 0.290 e. The molecule has 4 aromatic rings. The molecule has 1 unspecified atom stereocenters. The maximum atomic E-state index is 13.8. The lowest BCUT2D eigenvalue weighted by Crippen LogP contribution is -2.33. The number of Topliss-reactive ketones (excluding diaryl/α,β-unsaturated/α-hetero) is 1. The van der Waals surface area contributed by atoms with Crippen molar-refractivity contribution in [3.63, 3.8) is 0 Å². The summed E-state index contributed by atoms with van der Waals surface area (Å²) in [6.45, 7) is 6.71. The fourth-order valence-electron chi connectivity index (χ4n) is 4.90. The predicted molar refractivity (Wildman–Crippen MR) is 146 cm³/mol. The van der Waals surface area contributed by atoms with E-state index in [1.54, 1.807) is 24.1 Å². The number of carbonyl (C=O) groups is 2. The average molecular weight is 510 g/mol. The number of hydrogen-bond acceptors (Lipinski definition) is 5. The van der Waals surface area contributed by atoms with Crippen LogP contribution in [0.4, 0.5) is 0 Å². The van der Waals surface area contributed by atoms with Crippen LogP contribution in [-0.2, 0) is 16.6 Å². The number of hydrogen-bond donors (Lipinski definition) is 1. The number of carbonyl (C=O) groups excluding carboxylic acids is 2. The van der Waals surface area contributed by atoms with Crippen molar-refractivity contribution in [2.24, 2.45) is 0 Å². The highest BCUT2D eigenvalue weighted by Gasteiger charge is 2.44. The van der Waals surface area contributed by atoms with Gasteiger partial charge < -0.3 is 19.2 Å². The Morgan fingerprint density at radius 2 is 1.68 bits per heavy atom. The Bertz CT molecular complexity index is 1490. The van der Waals surface area contributed by atoms with Crippen molar-refractivity contribution >= 4 is 22.7 Å². The van der Waals surface area contributed by atoms with Gasteiger partial charge in [-0.25, -0.2) is 0 Å². The molecule has 0 saturated carbocycles. The zero-order chi connectivity index (χ0) is 27.0. The lowest BCUT2D eigenvalue weighted by atomic mass is 9.85. The molecule has 0 aliphatic carbocycles. The third kappa shape index (κ3) is 4.70. The number of ether oxygens (including phenoxy) is 1. The van der Waals surface area contributed by atoms with Crippen molar-refractivity contribution in [1.82, 2.24) is 4.90 Å². The molecule has 1 aliphatic heterocycles. The summed E-state index contributed by atoms with van der Waals surface area (Å²) in [5, 5.41) is 11.8. The number of aliphatic hydroxyl groups excluding tert-OH is 1. The molecule has 5 rings (SSSR count). The highest BCUT2D eigenvalue weighted by atomic mass is 16.5. The van der Waals surface area contributed by atoms with Crippen LogP contribution in [0.3, 0.4) is 0 Å². The zero-order valence-corrected chi connectivity index (χ0v) is 22.0. The normalized spacial score (nSPS) is 15.9. The number of para-hydroxylation sites is 1. The van der Waals surface area contributed by atoms with Crippen LogP contribution < -0.4 is 4.74 Å². The lowest BCUT2D eigenvalue weighted by molar-refractivity contribution is -0.129. The molecular formula is C32H31NO5. The van der Waals surface area contributed by atoms with Gasteiger partial charge in [0.25, 0.3) is 5.91 Å². The second-order valence-corrected chi connectivity index (χ2v) is 10.6. The Morgan fingerprint density at radius 3 is 2.32 bits per heavy atom. The fraction of sp³-hybridized carbons (Fsp3) is 0.250.